The number of ether oxygens (including phenoxy) is 1. The second kappa shape index (κ2) is 11.4. The number of primary amides is 1. The van der Waals surface area contributed by atoms with Crippen LogP contribution in [-0.2, 0) is 4.79 Å². The monoisotopic (exact) mass is 557 g/mol. The largest absolute Gasteiger partial charge is 0.493 e. The summed E-state index contributed by atoms with van der Waals surface area (Å²) in [5.41, 5.74) is 6.43. The zero-order chi connectivity index (χ0) is 28.4. The number of hydrogen-bond donors (Lipinski definition) is 1. The number of rotatable bonds is 8. The molecule has 212 valence electrons. The summed E-state index contributed by atoms with van der Waals surface area (Å²) in [4.78, 5) is 26.8. The van der Waals surface area contributed by atoms with Crippen LogP contribution in [-0.4, -0.2) is 72.5 Å². The Balaban J connectivity index is 1.29. The highest BCUT2D eigenvalue weighted by Gasteiger charge is 2.58. The molecule has 2 heterocycles. The van der Waals surface area contributed by atoms with E-state index >= 15 is 0 Å². The van der Waals surface area contributed by atoms with Crippen LogP contribution in [0.4, 0.5) is 26.3 Å². The van der Waals surface area contributed by atoms with Gasteiger partial charge in [0.15, 0.2) is 0 Å². The molecule has 39 heavy (non-hydrogen) atoms. The van der Waals surface area contributed by atoms with Crippen LogP contribution < -0.4 is 10.5 Å². The van der Waals surface area contributed by atoms with Gasteiger partial charge < -0.3 is 15.4 Å². The molecule has 1 unspecified atom stereocenters. The average molecular weight is 558 g/mol. The van der Waals surface area contributed by atoms with Crippen molar-refractivity contribution >= 4 is 11.8 Å². The molecule has 6 nitrogen and oxygen atoms in total. The molecule has 2 aliphatic heterocycles. The number of nitrogens with zero attached hydrogens (tertiary/aromatic N) is 2. The molecule has 2 fully saturated rings. The van der Waals surface area contributed by atoms with Gasteiger partial charge in [0.2, 0.25) is 5.91 Å². The van der Waals surface area contributed by atoms with Gasteiger partial charge in [0.1, 0.15) is 17.6 Å². The van der Waals surface area contributed by atoms with Crippen LogP contribution in [0.2, 0.25) is 0 Å². The number of carbonyl (C=O) groups is 2. The van der Waals surface area contributed by atoms with Gasteiger partial charge in [-0.15, -0.1) is 0 Å². The molecule has 1 atom stereocenters. The van der Waals surface area contributed by atoms with Crippen LogP contribution in [0.1, 0.15) is 36.0 Å². The summed E-state index contributed by atoms with van der Waals surface area (Å²) in [6.07, 6.45) is -3.61. The number of amides is 2. The number of hydrogen-bond acceptors (Lipinski definition) is 4. The number of piperidine rings is 1. The van der Waals surface area contributed by atoms with E-state index < -0.39 is 42.3 Å². The van der Waals surface area contributed by atoms with Crippen molar-refractivity contribution in [1.82, 2.24) is 9.80 Å². The standard InChI is InChI=1S/C27H29F6N3O3/c28-22-14-19(5-8-21(22)25(38)36-11-1-2-23(36)24(34)37)18-3-6-20(7-4-18)39-15-17-9-12-35(13-10-17)16-26(29,30)27(31,32)33/h3-8,14,17,23H,1-2,9-13,15-16H2,(H2,34,37). The first kappa shape index (κ1) is 28.7. The quantitative estimate of drug-likeness (QED) is 0.470. The van der Waals surface area contributed by atoms with E-state index in [-0.39, 0.29) is 31.2 Å². The molecular weight excluding hydrogens is 528 g/mol. The lowest BCUT2D eigenvalue weighted by molar-refractivity contribution is -0.287. The van der Waals surface area contributed by atoms with Gasteiger partial charge in [-0.2, -0.15) is 22.0 Å². The minimum atomic E-state index is -5.56. The van der Waals surface area contributed by atoms with Gasteiger partial charge in [0.05, 0.1) is 18.7 Å². The fourth-order valence-corrected chi connectivity index (χ4v) is 4.97. The second-order valence-electron chi connectivity index (χ2n) is 10.0. The van der Waals surface area contributed by atoms with Crippen LogP contribution >= 0.6 is 0 Å². The summed E-state index contributed by atoms with van der Waals surface area (Å²) < 4.78 is 84.5. The van der Waals surface area contributed by atoms with Gasteiger partial charge in [-0.3, -0.25) is 14.5 Å². The third kappa shape index (κ3) is 6.66. The zero-order valence-corrected chi connectivity index (χ0v) is 21.0. The second-order valence-corrected chi connectivity index (χ2v) is 10.0. The van der Waals surface area contributed by atoms with Crippen molar-refractivity contribution in [2.45, 2.75) is 43.8 Å². The van der Waals surface area contributed by atoms with Crippen LogP contribution in [0.5, 0.6) is 5.75 Å². The van der Waals surface area contributed by atoms with Gasteiger partial charge in [-0.25, -0.2) is 4.39 Å². The first-order valence-corrected chi connectivity index (χ1v) is 12.7. The molecule has 12 heteroatoms. The fraction of sp³-hybridized carbons (Fsp3) is 0.481. The molecular formula is C27H29F6N3O3. The molecule has 0 saturated carbocycles. The van der Waals surface area contributed by atoms with E-state index in [9.17, 15) is 35.9 Å². The van der Waals surface area contributed by atoms with Gasteiger partial charge in [-0.1, -0.05) is 18.2 Å². The van der Waals surface area contributed by atoms with Gasteiger partial charge in [-0.05, 0) is 80.1 Å². The van der Waals surface area contributed by atoms with Crippen molar-refractivity contribution in [3.05, 3.63) is 53.8 Å². The van der Waals surface area contributed by atoms with Crippen LogP contribution in [0.15, 0.2) is 42.5 Å². The Hall–Kier alpha value is -3.28. The molecule has 2 saturated heterocycles. The maximum Gasteiger partial charge on any atom is 0.454 e. The van der Waals surface area contributed by atoms with E-state index in [1.807, 2.05) is 0 Å². The molecule has 2 amide bonds. The molecule has 0 aliphatic carbocycles. The Morgan fingerprint density at radius 2 is 1.56 bits per heavy atom. The van der Waals surface area contributed by atoms with Crippen LogP contribution in [0.25, 0.3) is 11.1 Å². The molecule has 2 N–H and O–H groups in total. The summed E-state index contributed by atoms with van der Waals surface area (Å²) in [7, 11) is 0. The summed E-state index contributed by atoms with van der Waals surface area (Å²) in [5.74, 6) is -6.10. The molecule has 2 aromatic carbocycles. The molecule has 4 rings (SSSR count). The Labute approximate surface area is 221 Å². The zero-order valence-electron chi connectivity index (χ0n) is 21.0. The summed E-state index contributed by atoms with van der Waals surface area (Å²) >= 11 is 0. The van der Waals surface area contributed by atoms with E-state index in [1.54, 1.807) is 30.3 Å². The van der Waals surface area contributed by atoms with Crippen LogP contribution in [0, 0.1) is 11.7 Å². The fourth-order valence-electron chi connectivity index (χ4n) is 4.97. The predicted octanol–water partition coefficient (Wildman–Crippen LogP) is 4.87. The first-order valence-electron chi connectivity index (χ1n) is 12.7. The van der Waals surface area contributed by atoms with E-state index in [2.05, 4.69) is 0 Å². The number of alkyl halides is 5. The summed E-state index contributed by atoms with van der Waals surface area (Å²) in [6.45, 7) is -0.458. The minimum absolute atomic E-state index is 0.0179. The predicted molar refractivity (Wildman–Crippen MR) is 131 cm³/mol. The van der Waals surface area contributed by atoms with E-state index in [0.29, 0.717) is 49.1 Å². The van der Waals surface area contributed by atoms with E-state index in [0.717, 1.165) is 4.90 Å². The van der Waals surface area contributed by atoms with Crippen LogP contribution in [0.3, 0.4) is 0 Å². The SMILES string of the molecule is NC(=O)C1CCCN1C(=O)c1ccc(-c2ccc(OCC3CCN(CC(F)(F)C(F)(F)F)CC3)cc2)cc1F. The first-order chi connectivity index (χ1) is 18.4. The summed E-state index contributed by atoms with van der Waals surface area (Å²) in [6, 6.07) is 10.3. The highest BCUT2D eigenvalue weighted by molar-refractivity contribution is 5.98. The summed E-state index contributed by atoms with van der Waals surface area (Å²) in [5, 5.41) is 0. The highest BCUT2D eigenvalue weighted by atomic mass is 19.4. The number of benzene rings is 2. The van der Waals surface area contributed by atoms with Crippen molar-refractivity contribution in [3.63, 3.8) is 0 Å². The van der Waals surface area contributed by atoms with Crippen molar-refractivity contribution in [2.24, 2.45) is 11.7 Å². The number of likely N-dealkylation sites (tertiary alicyclic amines) is 2. The third-order valence-electron chi connectivity index (χ3n) is 7.26. The number of halogens is 6. The lowest BCUT2D eigenvalue weighted by Crippen LogP contribution is -2.49. The Morgan fingerprint density at radius 3 is 2.15 bits per heavy atom. The van der Waals surface area contributed by atoms with E-state index in [4.69, 9.17) is 10.5 Å². The minimum Gasteiger partial charge on any atom is -0.493 e. The molecule has 2 aromatic rings. The van der Waals surface area contributed by atoms with Crippen molar-refractivity contribution < 1.29 is 40.7 Å². The number of nitrogens with two attached hydrogens (primary N) is 1. The molecule has 0 spiro atoms. The highest BCUT2D eigenvalue weighted by Crippen LogP contribution is 2.37. The van der Waals surface area contributed by atoms with Gasteiger partial charge >= 0.3 is 12.1 Å². The van der Waals surface area contributed by atoms with Crippen molar-refractivity contribution in [3.8, 4) is 16.9 Å². The van der Waals surface area contributed by atoms with E-state index in [1.165, 1.54) is 17.0 Å². The van der Waals surface area contributed by atoms with Crippen molar-refractivity contribution in [2.75, 3.05) is 32.8 Å². The van der Waals surface area contributed by atoms with Gasteiger partial charge in [0, 0.05) is 6.54 Å². The molecule has 0 radical (unpaired) electrons. The third-order valence-corrected chi connectivity index (χ3v) is 7.26. The van der Waals surface area contributed by atoms with Gasteiger partial charge in [0.25, 0.3) is 5.91 Å². The maximum absolute atomic E-state index is 14.9. The topological polar surface area (TPSA) is 75.9 Å². The normalized spacial score (nSPS) is 19.3. The molecule has 0 bridgehead atoms. The molecule has 2 aliphatic rings. The Kier molecular flexibility index (Phi) is 8.43. The number of carbonyl (C=O) groups excluding carboxylic acids is 2. The maximum atomic E-state index is 14.9. The smallest absolute Gasteiger partial charge is 0.454 e. The molecule has 0 aromatic heterocycles. The Morgan fingerprint density at radius 1 is 0.923 bits per heavy atom. The lowest BCUT2D eigenvalue weighted by atomic mass is 9.97. The Bertz CT molecular complexity index is 1180. The average Bonchev–Trinajstić information content (AvgIpc) is 3.38. The lowest BCUT2D eigenvalue weighted by Gasteiger charge is -2.34. The van der Waals surface area contributed by atoms with Crippen molar-refractivity contribution in [1.29, 1.82) is 0 Å².